The van der Waals surface area contributed by atoms with Crippen molar-refractivity contribution in [1.29, 1.82) is 0 Å². The molecule has 0 fully saturated rings. The van der Waals surface area contributed by atoms with Crippen molar-refractivity contribution < 1.29 is 9.53 Å². The van der Waals surface area contributed by atoms with Gasteiger partial charge in [0, 0.05) is 22.5 Å². The quantitative estimate of drug-likeness (QED) is 0.696. The summed E-state index contributed by atoms with van der Waals surface area (Å²) >= 11 is 5.82. The third-order valence-corrected chi connectivity index (χ3v) is 3.43. The molecule has 0 unspecified atom stereocenters. The van der Waals surface area contributed by atoms with Crippen LogP contribution in [0.2, 0.25) is 5.02 Å². The third kappa shape index (κ3) is 6.20. The molecule has 23 heavy (non-hydrogen) atoms. The Balaban J connectivity index is 1.82. The summed E-state index contributed by atoms with van der Waals surface area (Å²) in [6.45, 7) is 2.99. The van der Waals surface area contributed by atoms with Gasteiger partial charge in [0.05, 0.1) is 13.2 Å². The van der Waals surface area contributed by atoms with Crippen LogP contribution in [-0.2, 0) is 4.79 Å². The largest absolute Gasteiger partial charge is 0.494 e. The molecule has 0 aliphatic carbocycles. The summed E-state index contributed by atoms with van der Waals surface area (Å²) in [4.78, 5) is 12.0. The normalized spacial score (nSPS) is 10.2. The SMILES string of the molecule is CCCCOc1cccc(NC(=O)CNc2ccc(Cl)cc2)c1. The Hall–Kier alpha value is -2.20. The molecule has 122 valence electrons. The van der Waals surface area contributed by atoms with E-state index in [-0.39, 0.29) is 12.5 Å². The van der Waals surface area contributed by atoms with E-state index < -0.39 is 0 Å². The highest BCUT2D eigenvalue weighted by Crippen LogP contribution is 2.18. The number of rotatable bonds is 8. The van der Waals surface area contributed by atoms with Gasteiger partial charge in [-0.05, 0) is 42.8 Å². The van der Waals surface area contributed by atoms with E-state index >= 15 is 0 Å². The van der Waals surface area contributed by atoms with Crippen LogP contribution in [0.4, 0.5) is 11.4 Å². The number of nitrogens with one attached hydrogen (secondary N) is 2. The van der Waals surface area contributed by atoms with Gasteiger partial charge in [-0.3, -0.25) is 4.79 Å². The van der Waals surface area contributed by atoms with Gasteiger partial charge in [-0.1, -0.05) is 31.0 Å². The lowest BCUT2D eigenvalue weighted by Gasteiger charge is -2.10. The summed E-state index contributed by atoms with van der Waals surface area (Å²) in [5.41, 5.74) is 1.57. The first-order chi connectivity index (χ1) is 11.2. The van der Waals surface area contributed by atoms with Crippen LogP contribution in [0.3, 0.4) is 0 Å². The molecule has 0 aromatic heterocycles. The minimum atomic E-state index is -0.120. The molecule has 0 heterocycles. The molecular formula is C18H21ClN2O2. The fourth-order valence-corrected chi connectivity index (χ4v) is 2.08. The molecule has 0 saturated heterocycles. The van der Waals surface area contributed by atoms with Crippen LogP contribution >= 0.6 is 11.6 Å². The molecule has 0 spiro atoms. The predicted molar refractivity (Wildman–Crippen MR) is 95.4 cm³/mol. The molecule has 0 radical (unpaired) electrons. The highest BCUT2D eigenvalue weighted by molar-refractivity contribution is 6.30. The first-order valence-electron chi connectivity index (χ1n) is 7.69. The van der Waals surface area contributed by atoms with E-state index in [0.717, 1.165) is 30.0 Å². The summed E-state index contributed by atoms with van der Waals surface area (Å²) in [6, 6.07) is 14.6. The Kier molecular flexibility index (Phi) is 6.76. The fraction of sp³-hybridized carbons (Fsp3) is 0.278. The zero-order chi connectivity index (χ0) is 16.5. The first-order valence-corrected chi connectivity index (χ1v) is 8.07. The fourth-order valence-electron chi connectivity index (χ4n) is 1.95. The zero-order valence-corrected chi connectivity index (χ0v) is 13.9. The van der Waals surface area contributed by atoms with E-state index in [1.54, 1.807) is 12.1 Å². The smallest absolute Gasteiger partial charge is 0.243 e. The Bertz CT molecular complexity index is 629. The molecule has 0 saturated carbocycles. The number of carbonyl (C=O) groups excluding carboxylic acids is 1. The van der Waals surface area contributed by atoms with Crippen LogP contribution < -0.4 is 15.4 Å². The van der Waals surface area contributed by atoms with E-state index in [9.17, 15) is 4.79 Å². The van der Waals surface area contributed by atoms with Gasteiger partial charge in [-0.25, -0.2) is 0 Å². The van der Waals surface area contributed by atoms with Gasteiger partial charge in [-0.15, -0.1) is 0 Å². The minimum Gasteiger partial charge on any atom is -0.494 e. The zero-order valence-electron chi connectivity index (χ0n) is 13.1. The topological polar surface area (TPSA) is 50.4 Å². The number of anilines is 2. The summed E-state index contributed by atoms with van der Waals surface area (Å²) in [6.07, 6.45) is 2.11. The molecule has 5 heteroatoms. The molecule has 2 aromatic rings. The summed E-state index contributed by atoms with van der Waals surface area (Å²) in [5.74, 6) is 0.646. The van der Waals surface area contributed by atoms with Gasteiger partial charge < -0.3 is 15.4 Å². The Morgan fingerprint density at radius 1 is 1.13 bits per heavy atom. The van der Waals surface area contributed by atoms with E-state index in [1.165, 1.54) is 0 Å². The van der Waals surface area contributed by atoms with Gasteiger partial charge in [0.15, 0.2) is 0 Å². The second kappa shape index (κ2) is 9.06. The number of unbranched alkanes of at least 4 members (excludes halogenated alkanes) is 1. The number of hydrogen-bond donors (Lipinski definition) is 2. The van der Waals surface area contributed by atoms with Crippen LogP contribution in [0, 0.1) is 0 Å². The lowest BCUT2D eigenvalue weighted by Crippen LogP contribution is -2.21. The molecule has 0 atom stereocenters. The number of amides is 1. The highest BCUT2D eigenvalue weighted by Gasteiger charge is 2.03. The Morgan fingerprint density at radius 3 is 2.65 bits per heavy atom. The number of benzene rings is 2. The summed E-state index contributed by atoms with van der Waals surface area (Å²) < 4.78 is 5.63. The van der Waals surface area contributed by atoms with Gasteiger partial charge in [0.1, 0.15) is 5.75 Å². The molecule has 0 bridgehead atoms. The lowest BCUT2D eigenvalue weighted by molar-refractivity contribution is -0.114. The summed E-state index contributed by atoms with van der Waals surface area (Å²) in [5, 5.41) is 6.56. The highest BCUT2D eigenvalue weighted by atomic mass is 35.5. The van der Waals surface area contributed by atoms with Crippen LogP contribution in [0.1, 0.15) is 19.8 Å². The van der Waals surface area contributed by atoms with E-state index in [1.807, 2.05) is 36.4 Å². The van der Waals surface area contributed by atoms with Gasteiger partial charge in [-0.2, -0.15) is 0 Å². The second-order valence-corrected chi connectivity index (χ2v) is 5.57. The molecule has 2 aromatic carbocycles. The maximum atomic E-state index is 12.0. The van der Waals surface area contributed by atoms with Gasteiger partial charge >= 0.3 is 0 Å². The van der Waals surface area contributed by atoms with Crippen molar-refractivity contribution in [3.63, 3.8) is 0 Å². The minimum absolute atomic E-state index is 0.120. The van der Waals surface area contributed by atoms with E-state index in [2.05, 4.69) is 17.6 Å². The second-order valence-electron chi connectivity index (χ2n) is 5.14. The molecule has 2 rings (SSSR count). The standard InChI is InChI=1S/C18H21ClN2O2/c1-2-3-11-23-17-6-4-5-16(12-17)21-18(22)13-20-15-9-7-14(19)8-10-15/h4-10,12,20H,2-3,11,13H2,1H3,(H,21,22). The average Bonchev–Trinajstić information content (AvgIpc) is 2.55. The van der Waals surface area contributed by atoms with E-state index in [0.29, 0.717) is 11.6 Å². The number of halogens is 1. The van der Waals surface area contributed by atoms with Crippen LogP contribution in [-0.4, -0.2) is 19.1 Å². The Morgan fingerprint density at radius 2 is 1.91 bits per heavy atom. The molecule has 0 aliphatic heterocycles. The first kappa shape index (κ1) is 17.2. The lowest BCUT2D eigenvalue weighted by atomic mass is 10.3. The van der Waals surface area contributed by atoms with Crippen LogP contribution in [0.15, 0.2) is 48.5 Å². The molecular weight excluding hydrogens is 312 g/mol. The predicted octanol–water partition coefficient (Wildman–Crippen LogP) is 4.57. The van der Waals surface area contributed by atoms with Gasteiger partial charge in [0.25, 0.3) is 0 Å². The Labute approximate surface area is 141 Å². The van der Waals surface area contributed by atoms with Crippen molar-refractivity contribution in [1.82, 2.24) is 0 Å². The monoisotopic (exact) mass is 332 g/mol. The third-order valence-electron chi connectivity index (χ3n) is 3.18. The van der Waals surface area contributed by atoms with Crippen molar-refractivity contribution in [2.24, 2.45) is 0 Å². The van der Waals surface area contributed by atoms with Crippen molar-refractivity contribution in [3.05, 3.63) is 53.6 Å². The molecule has 2 N–H and O–H groups in total. The van der Waals surface area contributed by atoms with Crippen LogP contribution in [0.25, 0.3) is 0 Å². The number of ether oxygens (including phenoxy) is 1. The molecule has 1 amide bonds. The molecule has 4 nitrogen and oxygen atoms in total. The molecule has 0 aliphatic rings. The van der Waals surface area contributed by atoms with Crippen molar-refractivity contribution in [3.8, 4) is 5.75 Å². The van der Waals surface area contributed by atoms with Crippen molar-refractivity contribution in [2.75, 3.05) is 23.8 Å². The maximum absolute atomic E-state index is 12.0. The van der Waals surface area contributed by atoms with Crippen molar-refractivity contribution in [2.45, 2.75) is 19.8 Å². The summed E-state index contributed by atoms with van der Waals surface area (Å²) in [7, 11) is 0. The van der Waals surface area contributed by atoms with Crippen LogP contribution in [0.5, 0.6) is 5.75 Å². The number of hydrogen-bond acceptors (Lipinski definition) is 3. The average molecular weight is 333 g/mol. The maximum Gasteiger partial charge on any atom is 0.243 e. The van der Waals surface area contributed by atoms with E-state index in [4.69, 9.17) is 16.3 Å². The van der Waals surface area contributed by atoms with Crippen molar-refractivity contribution >= 4 is 28.9 Å². The van der Waals surface area contributed by atoms with Gasteiger partial charge in [0.2, 0.25) is 5.91 Å². The number of carbonyl (C=O) groups is 1.